The molecule has 8 aromatic carbocycles. The summed E-state index contributed by atoms with van der Waals surface area (Å²) >= 11 is 0. The van der Waals surface area contributed by atoms with Gasteiger partial charge < -0.3 is 9.80 Å². The lowest BCUT2D eigenvalue weighted by molar-refractivity contribution is 1.25. The van der Waals surface area contributed by atoms with Crippen molar-refractivity contribution in [3.05, 3.63) is 218 Å². The van der Waals surface area contributed by atoms with E-state index in [1.54, 1.807) is 0 Å². The van der Waals surface area contributed by atoms with Crippen LogP contribution in [0.1, 0.15) is 0 Å². The highest BCUT2D eigenvalue weighted by atomic mass is 28.3. The van der Waals surface area contributed by atoms with Gasteiger partial charge in [-0.25, -0.2) is 0 Å². The van der Waals surface area contributed by atoms with Crippen molar-refractivity contribution in [2.75, 3.05) is 9.80 Å². The molecule has 1 heterocycles. The Balaban J connectivity index is 1.32. The summed E-state index contributed by atoms with van der Waals surface area (Å²) in [6.45, 7) is 0. The predicted molar refractivity (Wildman–Crippen MR) is 218 cm³/mol. The molecule has 3 heteroatoms. The minimum Gasteiger partial charge on any atom is -0.311 e. The smallest absolute Gasteiger partial charge is 0.184 e. The fourth-order valence-electron chi connectivity index (χ4n) is 7.90. The molecule has 51 heavy (non-hydrogen) atoms. The molecule has 0 fully saturated rings. The Kier molecular flexibility index (Phi) is 7.88. The van der Waals surface area contributed by atoms with E-state index < -0.39 is 8.07 Å². The van der Waals surface area contributed by atoms with Crippen molar-refractivity contribution in [1.82, 2.24) is 0 Å². The van der Waals surface area contributed by atoms with Crippen molar-refractivity contribution in [1.29, 1.82) is 0 Å². The van der Waals surface area contributed by atoms with Gasteiger partial charge in [0.2, 0.25) is 0 Å². The third-order valence-electron chi connectivity index (χ3n) is 10.1. The minimum absolute atomic E-state index is 1.11. The topological polar surface area (TPSA) is 6.48 Å². The van der Waals surface area contributed by atoms with E-state index in [4.69, 9.17) is 0 Å². The van der Waals surface area contributed by atoms with Crippen LogP contribution >= 0.6 is 0 Å². The Morgan fingerprint density at radius 1 is 0.333 bits per heavy atom. The Morgan fingerprint density at radius 3 is 1.41 bits per heavy atom. The largest absolute Gasteiger partial charge is 0.311 e. The second kappa shape index (κ2) is 13.1. The molecule has 0 atom stereocenters. The molecule has 0 spiro atoms. The van der Waals surface area contributed by atoms with Crippen molar-refractivity contribution in [2.24, 2.45) is 0 Å². The molecule has 0 radical (unpaired) electrons. The third-order valence-corrected chi connectivity index (χ3v) is 15.0. The molecule has 0 amide bonds. The van der Waals surface area contributed by atoms with Gasteiger partial charge in [0.15, 0.2) is 8.07 Å². The van der Waals surface area contributed by atoms with Crippen molar-refractivity contribution in [2.45, 2.75) is 0 Å². The maximum Gasteiger partial charge on any atom is 0.184 e. The summed E-state index contributed by atoms with van der Waals surface area (Å²) in [5.74, 6) is 0. The average molecular weight is 669 g/mol. The first-order valence-corrected chi connectivity index (χ1v) is 19.5. The fraction of sp³-hybridized carbons (Fsp3) is 0. The lowest BCUT2D eigenvalue weighted by Crippen LogP contribution is -2.77. The lowest BCUT2D eigenvalue weighted by atomic mass is 10.0. The number of nitrogens with zero attached hydrogens (tertiary/aromatic N) is 2. The summed E-state index contributed by atoms with van der Waals surface area (Å²) < 4.78 is 0. The second-order valence-corrected chi connectivity index (χ2v) is 16.7. The maximum atomic E-state index is 2.48. The molecule has 0 saturated heterocycles. The van der Waals surface area contributed by atoms with Crippen LogP contribution in [0, 0.1) is 0 Å². The molecular formula is C48H36N2Si. The van der Waals surface area contributed by atoms with E-state index in [0.717, 1.165) is 22.7 Å². The van der Waals surface area contributed by atoms with Crippen LogP contribution in [0.2, 0.25) is 0 Å². The molecule has 0 N–H and O–H groups in total. The molecular weight excluding hydrogens is 633 g/mol. The summed E-state index contributed by atoms with van der Waals surface area (Å²) in [5, 5.41) is 5.52. The van der Waals surface area contributed by atoms with E-state index in [-0.39, 0.29) is 0 Å². The Labute approximate surface area is 301 Å². The van der Waals surface area contributed by atoms with Gasteiger partial charge in [0.1, 0.15) is 0 Å². The number of rotatable bonds is 7. The first-order chi connectivity index (χ1) is 25.3. The number of anilines is 6. The van der Waals surface area contributed by atoms with Crippen molar-refractivity contribution in [3.8, 4) is 11.1 Å². The predicted octanol–water partition coefficient (Wildman–Crippen LogP) is 9.98. The molecule has 1 aliphatic rings. The molecule has 9 rings (SSSR count). The van der Waals surface area contributed by atoms with Crippen molar-refractivity contribution in [3.63, 3.8) is 0 Å². The van der Waals surface area contributed by atoms with Gasteiger partial charge >= 0.3 is 0 Å². The molecule has 0 unspecified atom stereocenters. The highest BCUT2D eigenvalue weighted by molar-refractivity contribution is 7.21. The monoisotopic (exact) mass is 668 g/mol. The number of hydrogen-bond acceptors (Lipinski definition) is 2. The van der Waals surface area contributed by atoms with E-state index in [0.29, 0.717) is 0 Å². The van der Waals surface area contributed by atoms with E-state index >= 15 is 0 Å². The summed E-state index contributed by atoms with van der Waals surface area (Å²) in [4.78, 5) is 4.86. The van der Waals surface area contributed by atoms with Gasteiger partial charge in [0.25, 0.3) is 0 Å². The Morgan fingerprint density at radius 2 is 0.784 bits per heavy atom. The van der Waals surface area contributed by atoms with Gasteiger partial charge in [0.05, 0.1) is 0 Å². The Bertz CT molecular complexity index is 2360. The molecule has 1 aliphatic heterocycles. The molecule has 0 bridgehead atoms. The normalized spacial score (nSPS) is 12.8. The van der Waals surface area contributed by atoms with Gasteiger partial charge in [-0.1, -0.05) is 164 Å². The number of fused-ring (bicyclic) bond motifs is 2. The van der Waals surface area contributed by atoms with Crippen LogP contribution < -0.4 is 30.5 Å². The number of hydrogen-bond donors (Lipinski definition) is 0. The van der Waals surface area contributed by atoms with Crippen LogP contribution in [-0.2, 0) is 0 Å². The molecule has 242 valence electrons. The van der Waals surface area contributed by atoms with Crippen LogP contribution in [0.5, 0.6) is 0 Å². The fourth-order valence-corrected chi connectivity index (χ4v) is 13.0. The highest BCUT2D eigenvalue weighted by Crippen LogP contribution is 2.42. The number of benzene rings is 8. The van der Waals surface area contributed by atoms with Crippen LogP contribution in [0.25, 0.3) is 11.1 Å². The summed E-state index contributed by atoms with van der Waals surface area (Å²) in [5.41, 5.74) is 9.32. The van der Waals surface area contributed by atoms with Crippen LogP contribution in [-0.4, -0.2) is 8.07 Å². The lowest BCUT2D eigenvalue weighted by Gasteiger charge is -2.45. The minimum atomic E-state index is -2.77. The highest BCUT2D eigenvalue weighted by Gasteiger charge is 2.48. The van der Waals surface area contributed by atoms with Gasteiger partial charge in [-0.15, -0.1) is 0 Å². The molecule has 2 nitrogen and oxygen atoms in total. The van der Waals surface area contributed by atoms with E-state index in [1.807, 2.05) is 0 Å². The quantitative estimate of drug-likeness (QED) is 0.156. The number of para-hydroxylation sites is 3. The standard InChI is InChI=1S/C48H36N2Si/c1-6-18-37(19-7-1)38-30-32-41(33-31-38)49(39-20-8-2-9-21-39)42-34-35-48-46(36-42)50(40-22-10-3-11-23-40)45-28-16-17-29-47(45)51(48,43-24-12-4-13-25-43)44-26-14-5-15-27-44/h1-36H. The second-order valence-electron chi connectivity index (χ2n) is 13.0. The van der Waals surface area contributed by atoms with Crippen LogP contribution in [0.4, 0.5) is 34.1 Å². The van der Waals surface area contributed by atoms with Gasteiger partial charge in [-0.2, -0.15) is 0 Å². The zero-order valence-electron chi connectivity index (χ0n) is 28.2. The zero-order valence-corrected chi connectivity index (χ0v) is 29.2. The third kappa shape index (κ3) is 5.27. The summed E-state index contributed by atoms with van der Waals surface area (Å²) in [6.07, 6.45) is 0. The maximum absolute atomic E-state index is 2.77. The average Bonchev–Trinajstić information content (AvgIpc) is 3.22. The van der Waals surface area contributed by atoms with Crippen LogP contribution in [0.3, 0.4) is 0 Å². The van der Waals surface area contributed by atoms with E-state index in [9.17, 15) is 0 Å². The first kappa shape index (κ1) is 30.6. The first-order valence-electron chi connectivity index (χ1n) is 17.5. The van der Waals surface area contributed by atoms with E-state index in [1.165, 1.54) is 43.2 Å². The SMILES string of the molecule is c1ccc(-c2ccc(N(c3ccccc3)c3ccc4c(c3)N(c3ccccc3)c3ccccc3[Si]4(c3ccccc3)c3ccccc3)cc2)cc1. The van der Waals surface area contributed by atoms with Crippen molar-refractivity contribution < 1.29 is 0 Å². The molecule has 0 aromatic heterocycles. The molecule has 0 saturated carbocycles. The van der Waals surface area contributed by atoms with Gasteiger partial charge in [-0.05, 0) is 86.5 Å². The molecule has 0 aliphatic carbocycles. The Hall–Kier alpha value is -6.42. The summed E-state index contributed by atoms with van der Waals surface area (Å²) in [6, 6.07) is 79.8. The molecule has 8 aromatic rings. The summed E-state index contributed by atoms with van der Waals surface area (Å²) in [7, 11) is -2.77. The van der Waals surface area contributed by atoms with E-state index in [2.05, 4.69) is 228 Å². The van der Waals surface area contributed by atoms with Gasteiger partial charge in [0, 0.05) is 34.1 Å². The van der Waals surface area contributed by atoms with Gasteiger partial charge in [-0.3, -0.25) is 0 Å². The van der Waals surface area contributed by atoms with Crippen molar-refractivity contribution >= 4 is 62.9 Å². The van der Waals surface area contributed by atoms with Crippen LogP contribution in [0.15, 0.2) is 218 Å². The zero-order chi connectivity index (χ0) is 34.0.